The lowest BCUT2D eigenvalue weighted by Crippen LogP contribution is -2.26. The lowest BCUT2D eigenvalue weighted by molar-refractivity contribution is 0.460. The normalized spacial score (nSPS) is 15.2. The van der Waals surface area contributed by atoms with E-state index in [1.165, 1.54) is 5.56 Å². The first-order valence-electron chi connectivity index (χ1n) is 10.3. The van der Waals surface area contributed by atoms with E-state index in [-0.39, 0.29) is 5.43 Å². The second-order valence-corrected chi connectivity index (χ2v) is 7.96. The molecule has 2 aromatic rings. The fraction of sp³-hybridized carbons (Fsp3) is 0.280. The van der Waals surface area contributed by atoms with E-state index in [1.54, 1.807) is 0 Å². The summed E-state index contributed by atoms with van der Waals surface area (Å²) in [6.07, 6.45) is 2.31. The van der Waals surface area contributed by atoms with Gasteiger partial charge in [-0.2, -0.15) is 0 Å². The zero-order valence-corrected chi connectivity index (χ0v) is 16.8. The monoisotopic (exact) mass is 384 g/mol. The second-order valence-electron chi connectivity index (χ2n) is 7.96. The molecule has 2 aliphatic heterocycles. The van der Waals surface area contributed by atoms with E-state index in [0.717, 1.165) is 53.8 Å². The SMILES string of the molecule is Cc1c2nc3ccccc3oc-2c(-c2ccc(C3CCNCC3)cc2)c(=O)c1C. The number of piperidine rings is 1. The maximum atomic E-state index is 13.2. The van der Waals surface area contributed by atoms with Crippen LogP contribution in [0.1, 0.15) is 35.4 Å². The molecule has 0 saturated carbocycles. The van der Waals surface area contributed by atoms with E-state index in [1.807, 2.05) is 38.1 Å². The molecular weight excluding hydrogens is 360 g/mol. The van der Waals surface area contributed by atoms with Gasteiger partial charge in [-0.25, -0.2) is 4.98 Å². The minimum absolute atomic E-state index is 0.0189. The van der Waals surface area contributed by atoms with Crippen LogP contribution in [-0.4, -0.2) is 18.1 Å². The predicted octanol–water partition coefficient (Wildman–Crippen LogP) is 5.04. The number of benzene rings is 3. The Labute approximate surface area is 169 Å². The van der Waals surface area contributed by atoms with E-state index >= 15 is 0 Å². The topological polar surface area (TPSA) is 55.1 Å². The minimum Gasteiger partial charge on any atom is -0.452 e. The van der Waals surface area contributed by atoms with Crippen LogP contribution in [0.2, 0.25) is 0 Å². The summed E-state index contributed by atoms with van der Waals surface area (Å²) in [7, 11) is 0. The lowest BCUT2D eigenvalue weighted by atomic mass is 9.88. The molecule has 146 valence electrons. The Hall–Kier alpha value is -2.98. The Bertz CT molecular complexity index is 1220. The van der Waals surface area contributed by atoms with Crippen molar-refractivity contribution < 1.29 is 4.42 Å². The molecule has 5 rings (SSSR count). The van der Waals surface area contributed by atoms with Gasteiger partial charge in [0, 0.05) is 5.56 Å². The van der Waals surface area contributed by atoms with Gasteiger partial charge in [0.2, 0.25) is 0 Å². The number of para-hydroxylation sites is 2. The molecule has 4 heteroatoms. The maximum absolute atomic E-state index is 13.2. The van der Waals surface area contributed by atoms with Crippen molar-refractivity contribution in [1.82, 2.24) is 10.3 Å². The highest BCUT2D eigenvalue weighted by Crippen LogP contribution is 2.36. The Morgan fingerprint density at radius 3 is 2.45 bits per heavy atom. The highest BCUT2D eigenvalue weighted by Gasteiger charge is 2.24. The summed E-state index contributed by atoms with van der Waals surface area (Å²) in [5.41, 5.74) is 6.73. The van der Waals surface area contributed by atoms with Crippen LogP contribution in [0, 0.1) is 13.8 Å². The van der Waals surface area contributed by atoms with Crippen molar-refractivity contribution in [3.8, 4) is 22.6 Å². The van der Waals surface area contributed by atoms with Gasteiger partial charge in [0.05, 0.1) is 5.56 Å². The molecule has 4 nitrogen and oxygen atoms in total. The van der Waals surface area contributed by atoms with Crippen LogP contribution in [0.15, 0.2) is 57.7 Å². The third-order valence-electron chi connectivity index (χ3n) is 6.25. The summed E-state index contributed by atoms with van der Waals surface area (Å²) in [5.74, 6) is 1.16. The highest BCUT2D eigenvalue weighted by molar-refractivity contribution is 5.86. The summed E-state index contributed by atoms with van der Waals surface area (Å²) in [6.45, 7) is 5.95. The van der Waals surface area contributed by atoms with Crippen LogP contribution in [0.25, 0.3) is 33.7 Å². The predicted molar refractivity (Wildman–Crippen MR) is 117 cm³/mol. The van der Waals surface area contributed by atoms with E-state index in [2.05, 4.69) is 29.6 Å². The molecule has 0 aromatic heterocycles. The molecule has 2 aromatic carbocycles. The average molecular weight is 384 g/mol. The molecule has 0 bridgehead atoms. The maximum Gasteiger partial charge on any atom is 0.193 e. The van der Waals surface area contributed by atoms with Crippen molar-refractivity contribution in [2.75, 3.05) is 13.1 Å². The van der Waals surface area contributed by atoms with E-state index in [9.17, 15) is 4.79 Å². The number of nitrogens with zero attached hydrogens (tertiary/aromatic N) is 1. The fourth-order valence-corrected chi connectivity index (χ4v) is 4.37. The Morgan fingerprint density at radius 2 is 1.69 bits per heavy atom. The number of rotatable bonds is 2. The van der Waals surface area contributed by atoms with Crippen molar-refractivity contribution >= 4 is 11.1 Å². The van der Waals surface area contributed by atoms with Gasteiger partial charge in [-0.3, -0.25) is 4.79 Å². The van der Waals surface area contributed by atoms with Gasteiger partial charge in [-0.05, 0) is 74.5 Å². The van der Waals surface area contributed by atoms with E-state index in [0.29, 0.717) is 22.8 Å². The molecule has 1 saturated heterocycles. The zero-order chi connectivity index (χ0) is 20.0. The van der Waals surface area contributed by atoms with Crippen molar-refractivity contribution in [2.45, 2.75) is 32.6 Å². The molecule has 29 heavy (non-hydrogen) atoms. The second kappa shape index (κ2) is 7.12. The van der Waals surface area contributed by atoms with E-state index < -0.39 is 0 Å². The van der Waals surface area contributed by atoms with Crippen LogP contribution in [0.3, 0.4) is 0 Å². The summed E-state index contributed by atoms with van der Waals surface area (Å²) >= 11 is 0. The van der Waals surface area contributed by atoms with Crippen molar-refractivity contribution in [2.24, 2.45) is 0 Å². The van der Waals surface area contributed by atoms with Crippen molar-refractivity contribution in [3.05, 3.63) is 75.4 Å². The smallest absolute Gasteiger partial charge is 0.193 e. The summed E-state index contributed by atoms with van der Waals surface area (Å²) in [4.78, 5) is 18.0. The van der Waals surface area contributed by atoms with Gasteiger partial charge in [-0.1, -0.05) is 36.4 Å². The van der Waals surface area contributed by atoms with Gasteiger partial charge in [0.25, 0.3) is 0 Å². The highest BCUT2D eigenvalue weighted by atomic mass is 16.3. The van der Waals surface area contributed by atoms with Crippen LogP contribution in [-0.2, 0) is 0 Å². The first-order valence-corrected chi connectivity index (χ1v) is 10.3. The number of aromatic nitrogens is 1. The van der Waals surface area contributed by atoms with Crippen molar-refractivity contribution in [1.29, 1.82) is 0 Å². The molecule has 0 spiro atoms. The number of fused-ring (bicyclic) bond motifs is 2. The van der Waals surface area contributed by atoms with Gasteiger partial charge in [0.15, 0.2) is 16.8 Å². The van der Waals surface area contributed by atoms with Gasteiger partial charge < -0.3 is 9.73 Å². The zero-order valence-electron chi connectivity index (χ0n) is 16.8. The summed E-state index contributed by atoms with van der Waals surface area (Å²) < 4.78 is 6.22. The van der Waals surface area contributed by atoms with Crippen molar-refractivity contribution in [3.63, 3.8) is 0 Å². The largest absolute Gasteiger partial charge is 0.452 e. The quantitative estimate of drug-likeness (QED) is 0.492. The van der Waals surface area contributed by atoms with Crippen LogP contribution >= 0.6 is 0 Å². The lowest BCUT2D eigenvalue weighted by Gasteiger charge is -2.23. The molecule has 0 amide bonds. The standard InChI is InChI=1S/C25H24N2O2/c1-15-16(2)24(28)22(25-23(15)27-20-5-3-4-6-21(20)29-25)19-9-7-17(8-10-19)18-11-13-26-14-12-18/h3-10,18,26H,11-14H2,1-2H3. The Balaban J connectivity index is 1.69. The molecule has 3 aliphatic rings. The first kappa shape index (κ1) is 18.1. The fourth-order valence-electron chi connectivity index (χ4n) is 4.37. The number of hydrogen-bond acceptors (Lipinski definition) is 4. The van der Waals surface area contributed by atoms with E-state index in [4.69, 9.17) is 9.40 Å². The van der Waals surface area contributed by atoms with Gasteiger partial charge in [0.1, 0.15) is 11.2 Å². The molecule has 0 unspecified atom stereocenters. The molecule has 0 radical (unpaired) electrons. The third kappa shape index (κ3) is 3.04. The number of hydrogen-bond donors (Lipinski definition) is 1. The van der Waals surface area contributed by atoms with Crippen LogP contribution in [0.4, 0.5) is 0 Å². The first-order chi connectivity index (χ1) is 14.1. The Morgan fingerprint density at radius 1 is 0.966 bits per heavy atom. The van der Waals surface area contributed by atoms with Gasteiger partial charge in [-0.15, -0.1) is 0 Å². The third-order valence-corrected chi connectivity index (χ3v) is 6.25. The van der Waals surface area contributed by atoms with Crippen LogP contribution in [0.5, 0.6) is 0 Å². The Kier molecular flexibility index (Phi) is 4.44. The molecular formula is C25H24N2O2. The molecule has 2 heterocycles. The van der Waals surface area contributed by atoms with Crippen LogP contribution < -0.4 is 10.7 Å². The molecule has 1 aliphatic carbocycles. The molecule has 1 N–H and O–H groups in total. The molecule has 0 atom stereocenters. The summed E-state index contributed by atoms with van der Waals surface area (Å²) in [6, 6.07) is 16.2. The average Bonchev–Trinajstić information content (AvgIpc) is 2.78. The minimum atomic E-state index is 0.0189. The van der Waals surface area contributed by atoms with Gasteiger partial charge >= 0.3 is 0 Å². The number of nitrogens with one attached hydrogen (secondary N) is 1. The summed E-state index contributed by atoms with van der Waals surface area (Å²) in [5, 5.41) is 3.41. The molecule has 1 fully saturated rings.